The van der Waals surface area contributed by atoms with Crippen molar-refractivity contribution in [2.24, 2.45) is 0 Å². The van der Waals surface area contributed by atoms with E-state index in [1.807, 2.05) is 12.1 Å². The molecule has 3 rings (SSSR count). The first kappa shape index (κ1) is 9.16. The molecule has 2 aromatic carbocycles. The average Bonchev–Trinajstić information content (AvgIpc) is 2.83. The highest BCUT2D eigenvalue weighted by Gasteiger charge is 2.07. The molecular weight excluding hydrogens is 198 g/mol. The second-order valence-corrected chi connectivity index (χ2v) is 3.86. The van der Waals surface area contributed by atoms with Crippen LogP contribution in [0, 0.1) is 6.92 Å². The highest BCUT2D eigenvalue weighted by molar-refractivity contribution is 5.97. The second-order valence-electron chi connectivity index (χ2n) is 3.86. The summed E-state index contributed by atoms with van der Waals surface area (Å²) in [5.74, 6) is 0. The number of hydrogen-bond donors (Lipinski definition) is 0. The fraction of sp³-hybridized carbons (Fsp3) is 0.0714. The molecule has 2 nitrogen and oxygen atoms in total. The molecule has 3 aromatic rings. The van der Waals surface area contributed by atoms with Crippen LogP contribution in [0.1, 0.15) is 5.56 Å². The third kappa shape index (κ3) is 1.31. The maximum Gasteiger partial charge on any atom is 0.124 e. The van der Waals surface area contributed by atoms with Crippen molar-refractivity contribution in [1.29, 1.82) is 0 Å². The molecule has 78 valence electrons. The first-order valence-electron chi connectivity index (χ1n) is 5.25. The lowest BCUT2D eigenvalue weighted by molar-refractivity contribution is 0.422. The quantitative estimate of drug-likeness (QED) is 0.609. The van der Waals surface area contributed by atoms with Crippen molar-refractivity contribution in [2.45, 2.75) is 6.92 Å². The van der Waals surface area contributed by atoms with Crippen LogP contribution in [0.15, 0.2) is 53.3 Å². The lowest BCUT2D eigenvalue weighted by atomic mass is 9.99. The fourth-order valence-electron chi connectivity index (χ4n) is 2.02. The molecule has 0 fully saturated rings. The summed E-state index contributed by atoms with van der Waals surface area (Å²) >= 11 is 0. The minimum Gasteiger partial charge on any atom is -0.364 e. The normalized spacial score (nSPS) is 10.8. The Balaban J connectivity index is 2.39. The number of nitrogens with zero attached hydrogens (tertiary/aromatic N) is 1. The van der Waals surface area contributed by atoms with Gasteiger partial charge in [0.25, 0.3) is 0 Å². The van der Waals surface area contributed by atoms with Crippen LogP contribution in [-0.4, -0.2) is 5.16 Å². The summed E-state index contributed by atoms with van der Waals surface area (Å²) in [5, 5.41) is 6.48. The largest absolute Gasteiger partial charge is 0.364 e. The van der Waals surface area contributed by atoms with E-state index in [2.05, 4.69) is 42.4 Å². The van der Waals surface area contributed by atoms with Crippen molar-refractivity contribution in [3.63, 3.8) is 0 Å². The van der Waals surface area contributed by atoms with Gasteiger partial charge in [0.2, 0.25) is 0 Å². The number of fused-ring (bicyclic) bond motifs is 1. The highest BCUT2D eigenvalue weighted by Crippen LogP contribution is 2.29. The van der Waals surface area contributed by atoms with E-state index < -0.39 is 0 Å². The molecule has 1 aromatic heterocycles. The summed E-state index contributed by atoms with van der Waals surface area (Å²) in [6.07, 6.45) is 1.60. The van der Waals surface area contributed by atoms with Crippen molar-refractivity contribution in [3.8, 4) is 11.3 Å². The average molecular weight is 209 g/mol. The van der Waals surface area contributed by atoms with Gasteiger partial charge in [-0.2, -0.15) is 0 Å². The van der Waals surface area contributed by atoms with Gasteiger partial charge in [-0.15, -0.1) is 0 Å². The molecule has 0 aliphatic heterocycles. The lowest BCUT2D eigenvalue weighted by Gasteiger charge is -2.06. The Morgan fingerprint density at radius 1 is 0.938 bits per heavy atom. The smallest absolute Gasteiger partial charge is 0.124 e. The predicted octanol–water partition coefficient (Wildman–Crippen LogP) is 3.80. The predicted molar refractivity (Wildman–Crippen MR) is 64.2 cm³/mol. The molecule has 0 radical (unpaired) electrons. The third-order valence-corrected chi connectivity index (χ3v) is 2.86. The van der Waals surface area contributed by atoms with Crippen LogP contribution < -0.4 is 0 Å². The van der Waals surface area contributed by atoms with E-state index in [-0.39, 0.29) is 0 Å². The molecule has 0 spiro atoms. The van der Waals surface area contributed by atoms with E-state index in [1.165, 1.54) is 16.3 Å². The van der Waals surface area contributed by atoms with Crippen LogP contribution in [0.2, 0.25) is 0 Å². The molecule has 0 aliphatic carbocycles. The molecular formula is C14H11NO. The zero-order valence-corrected chi connectivity index (χ0v) is 8.97. The Hall–Kier alpha value is -2.09. The molecule has 0 atom stereocenters. The first-order chi connectivity index (χ1) is 7.86. The van der Waals surface area contributed by atoms with E-state index >= 15 is 0 Å². The van der Waals surface area contributed by atoms with Gasteiger partial charge in [-0.3, -0.25) is 0 Å². The van der Waals surface area contributed by atoms with Crippen LogP contribution in [-0.2, 0) is 0 Å². The maximum atomic E-state index is 4.90. The summed E-state index contributed by atoms with van der Waals surface area (Å²) in [7, 11) is 0. The van der Waals surface area contributed by atoms with Gasteiger partial charge in [0, 0.05) is 11.6 Å². The Morgan fingerprint density at radius 2 is 1.75 bits per heavy atom. The lowest BCUT2D eigenvalue weighted by Crippen LogP contribution is -1.83. The summed E-state index contributed by atoms with van der Waals surface area (Å²) in [4.78, 5) is 0. The fourth-order valence-corrected chi connectivity index (χ4v) is 2.02. The summed E-state index contributed by atoms with van der Waals surface area (Å²) in [5.41, 5.74) is 3.29. The maximum absolute atomic E-state index is 4.90. The Labute approximate surface area is 93.5 Å². The van der Waals surface area contributed by atoms with Crippen molar-refractivity contribution in [3.05, 3.63) is 54.3 Å². The summed E-state index contributed by atoms with van der Waals surface area (Å²) in [6.45, 7) is 2.12. The molecule has 0 unspecified atom stereocenters. The standard InChI is InChI=1S/C14H11NO/c1-10-6-7-13(14-8-9-16-15-14)12-5-3-2-4-11(10)12/h2-9H,1H3. The topological polar surface area (TPSA) is 26.0 Å². The molecule has 0 saturated carbocycles. The zero-order valence-electron chi connectivity index (χ0n) is 8.97. The SMILES string of the molecule is Cc1ccc(-c2ccon2)c2ccccc12. The molecule has 0 amide bonds. The van der Waals surface area contributed by atoms with Gasteiger partial charge < -0.3 is 4.52 Å². The van der Waals surface area contributed by atoms with Crippen molar-refractivity contribution >= 4 is 10.8 Å². The molecule has 16 heavy (non-hydrogen) atoms. The zero-order chi connectivity index (χ0) is 11.0. The molecule has 1 heterocycles. The van der Waals surface area contributed by atoms with Gasteiger partial charge in [0.1, 0.15) is 12.0 Å². The highest BCUT2D eigenvalue weighted by atomic mass is 16.5. The number of hydrogen-bond acceptors (Lipinski definition) is 2. The third-order valence-electron chi connectivity index (χ3n) is 2.86. The monoisotopic (exact) mass is 209 g/mol. The second kappa shape index (κ2) is 3.49. The Kier molecular flexibility index (Phi) is 2.00. The van der Waals surface area contributed by atoms with E-state index in [0.717, 1.165) is 11.3 Å². The van der Waals surface area contributed by atoms with E-state index in [4.69, 9.17) is 4.52 Å². The van der Waals surface area contributed by atoms with Gasteiger partial charge in [-0.25, -0.2) is 0 Å². The van der Waals surface area contributed by atoms with Gasteiger partial charge in [0.05, 0.1) is 0 Å². The van der Waals surface area contributed by atoms with E-state index in [0.29, 0.717) is 0 Å². The van der Waals surface area contributed by atoms with Crippen molar-refractivity contribution < 1.29 is 4.52 Å². The number of aryl methyl sites for hydroxylation is 1. The molecule has 0 bridgehead atoms. The first-order valence-corrected chi connectivity index (χ1v) is 5.25. The molecule has 0 N–H and O–H groups in total. The molecule has 0 aliphatic rings. The number of benzene rings is 2. The van der Waals surface area contributed by atoms with Crippen LogP contribution in [0.25, 0.3) is 22.0 Å². The van der Waals surface area contributed by atoms with Gasteiger partial charge in [0.15, 0.2) is 0 Å². The minimum atomic E-state index is 0.885. The molecule has 0 saturated heterocycles. The molecule has 2 heteroatoms. The van der Waals surface area contributed by atoms with Crippen LogP contribution in [0.5, 0.6) is 0 Å². The summed E-state index contributed by atoms with van der Waals surface area (Å²) < 4.78 is 4.90. The van der Waals surface area contributed by atoms with E-state index in [9.17, 15) is 0 Å². The van der Waals surface area contributed by atoms with Gasteiger partial charge in [-0.1, -0.05) is 41.6 Å². The van der Waals surface area contributed by atoms with Crippen molar-refractivity contribution in [1.82, 2.24) is 5.16 Å². The van der Waals surface area contributed by atoms with Gasteiger partial charge >= 0.3 is 0 Å². The number of rotatable bonds is 1. The summed E-state index contributed by atoms with van der Waals surface area (Å²) in [6, 6.07) is 14.5. The van der Waals surface area contributed by atoms with Crippen LogP contribution in [0.3, 0.4) is 0 Å². The Morgan fingerprint density at radius 3 is 2.50 bits per heavy atom. The van der Waals surface area contributed by atoms with Crippen LogP contribution in [0.4, 0.5) is 0 Å². The van der Waals surface area contributed by atoms with Crippen LogP contribution >= 0.6 is 0 Å². The number of aromatic nitrogens is 1. The van der Waals surface area contributed by atoms with E-state index in [1.54, 1.807) is 6.26 Å². The van der Waals surface area contributed by atoms with Crippen molar-refractivity contribution in [2.75, 3.05) is 0 Å². The van der Waals surface area contributed by atoms with Gasteiger partial charge in [-0.05, 0) is 23.3 Å². The minimum absolute atomic E-state index is 0.885. The Bertz CT molecular complexity index is 626.